The summed E-state index contributed by atoms with van der Waals surface area (Å²) in [4.78, 5) is 2.51. The average Bonchev–Trinajstić information content (AvgIpc) is 2.57. The molecule has 0 bridgehead atoms. The van der Waals surface area contributed by atoms with Crippen molar-refractivity contribution >= 4 is 15.9 Å². The Morgan fingerprint density at radius 1 is 1.17 bits per heavy atom. The van der Waals surface area contributed by atoms with Crippen LogP contribution in [0.2, 0.25) is 0 Å². The van der Waals surface area contributed by atoms with E-state index in [1.165, 1.54) is 18.4 Å². The van der Waals surface area contributed by atoms with Gasteiger partial charge in [-0.25, -0.2) is 0 Å². The molecule has 2 aromatic carbocycles. The molecule has 0 aliphatic carbocycles. The fourth-order valence-electron chi connectivity index (χ4n) is 3.16. The van der Waals surface area contributed by atoms with Crippen LogP contribution in [0, 0.1) is 0 Å². The summed E-state index contributed by atoms with van der Waals surface area (Å²) in [5.74, 6) is 0.359. The third kappa shape index (κ3) is 4.80. The van der Waals surface area contributed by atoms with Gasteiger partial charge in [-0.05, 0) is 43.1 Å². The Kier molecular flexibility index (Phi) is 5.70. The number of piperidine rings is 1. The molecule has 1 fully saturated rings. The van der Waals surface area contributed by atoms with Gasteiger partial charge in [0.05, 0.1) is 0 Å². The first kappa shape index (κ1) is 16.5. The number of likely N-dealkylation sites (tertiary alicyclic amines) is 1. The number of phenolic OH excluding ortho intramolecular Hbond substituents is 1. The van der Waals surface area contributed by atoms with Crippen molar-refractivity contribution in [1.29, 1.82) is 0 Å². The van der Waals surface area contributed by atoms with Gasteiger partial charge in [0.2, 0.25) is 0 Å². The van der Waals surface area contributed by atoms with Crippen molar-refractivity contribution in [3.05, 3.63) is 64.1 Å². The zero-order valence-corrected chi connectivity index (χ0v) is 14.8. The molecule has 1 saturated heterocycles. The minimum atomic E-state index is 0.359. The van der Waals surface area contributed by atoms with Crippen LogP contribution in [0.5, 0.6) is 5.75 Å². The van der Waals surface area contributed by atoms with Crippen molar-refractivity contribution in [2.75, 3.05) is 13.1 Å². The second kappa shape index (κ2) is 7.95. The lowest BCUT2D eigenvalue weighted by atomic mass is 10.0. The zero-order valence-electron chi connectivity index (χ0n) is 13.2. The van der Waals surface area contributed by atoms with Gasteiger partial charge in [-0.2, -0.15) is 0 Å². The van der Waals surface area contributed by atoms with E-state index in [0.29, 0.717) is 18.3 Å². The lowest BCUT2D eigenvalue weighted by Gasteiger charge is -2.33. The number of halogens is 1. The molecule has 4 heteroatoms. The van der Waals surface area contributed by atoms with E-state index in [1.807, 2.05) is 12.1 Å². The van der Waals surface area contributed by atoms with Crippen LogP contribution < -0.4 is 5.32 Å². The molecule has 122 valence electrons. The van der Waals surface area contributed by atoms with Crippen molar-refractivity contribution in [2.45, 2.75) is 32.0 Å². The number of nitrogens with zero attached hydrogens (tertiary/aromatic N) is 1. The summed E-state index contributed by atoms with van der Waals surface area (Å²) in [6, 6.07) is 16.7. The maximum Gasteiger partial charge on any atom is 0.120 e. The van der Waals surface area contributed by atoms with Crippen LogP contribution in [-0.2, 0) is 13.1 Å². The minimum Gasteiger partial charge on any atom is -0.508 e. The SMILES string of the molecule is Oc1ccc(Br)cc1CNC1CCCN(Cc2ccccc2)C1. The van der Waals surface area contributed by atoms with Crippen molar-refractivity contribution in [1.82, 2.24) is 10.2 Å². The smallest absolute Gasteiger partial charge is 0.120 e. The Morgan fingerprint density at radius 2 is 2.00 bits per heavy atom. The summed E-state index contributed by atoms with van der Waals surface area (Å²) in [5, 5.41) is 13.5. The van der Waals surface area contributed by atoms with E-state index in [9.17, 15) is 5.11 Å². The second-order valence-corrected chi connectivity index (χ2v) is 7.13. The Labute approximate surface area is 146 Å². The number of aromatic hydroxyl groups is 1. The molecule has 1 heterocycles. The number of hydrogen-bond acceptors (Lipinski definition) is 3. The van der Waals surface area contributed by atoms with Crippen LogP contribution in [0.3, 0.4) is 0 Å². The van der Waals surface area contributed by atoms with Crippen LogP contribution in [0.25, 0.3) is 0 Å². The van der Waals surface area contributed by atoms with E-state index in [4.69, 9.17) is 0 Å². The lowest BCUT2D eigenvalue weighted by molar-refractivity contribution is 0.182. The predicted molar refractivity (Wildman–Crippen MR) is 97.4 cm³/mol. The first-order chi connectivity index (χ1) is 11.2. The van der Waals surface area contributed by atoms with Crippen molar-refractivity contribution in [2.24, 2.45) is 0 Å². The lowest BCUT2D eigenvalue weighted by Crippen LogP contribution is -2.45. The molecule has 0 spiro atoms. The highest BCUT2D eigenvalue weighted by Crippen LogP contribution is 2.22. The summed E-state index contributed by atoms with van der Waals surface area (Å²) >= 11 is 3.46. The van der Waals surface area contributed by atoms with Gasteiger partial charge in [-0.15, -0.1) is 0 Å². The van der Waals surface area contributed by atoms with Crippen LogP contribution in [0.15, 0.2) is 53.0 Å². The van der Waals surface area contributed by atoms with E-state index >= 15 is 0 Å². The third-order valence-corrected chi connectivity index (χ3v) is 4.87. The summed E-state index contributed by atoms with van der Waals surface area (Å²) in [6.45, 7) is 3.94. The van der Waals surface area contributed by atoms with Gasteiger partial charge in [0.25, 0.3) is 0 Å². The largest absolute Gasteiger partial charge is 0.508 e. The fraction of sp³-hybridized carbons (Fsp3) is 0.368. The Morgan fingerprint density at radius 3 is 2.83 bits per heavy atom. The van der Waals surface area contributed by atoms with E-state index in [0.717, 1.165) is 29.7 Å². The molecule has 0 radical (unpaired) electrons. The highest BCUT2D eigenvalue weighted by Gasteiger charge is 2.19. The Hall–Kier alpha value is -1.36. The first-order valence-corrected chi connectivity index (χ1v) is 8.97. The van der Waals surface area contributed by atoms with E-state index in [-0.39, 0.29) is 0 Å². The topological polar surface area (TPSA) is 35.5 Å². The predicted octanol–water partition coefficient (Wildman–Crippen LogP) is 3.91. The molecule has 3 rings (SSSR count). The molecule has 23 heavy (non-hydrogen) atoms. The maximum atomic E-state index is 9.94. The molecule has 3 nitrogen and oxygen atoms in total. The molecule has 1 aliphatic rings. The second-order valence-electron chi connectivity index (χ2n) is 6.21. The number of benzene rings is 2. The molecule has 2 aromatic rings. The molecule has 2 N–H and O–H groups in total. The average molecular weight is 375 g/mol. The minimum absolute atomic E-state index is 0.359. The van der Waals surface area contributed by atoms with E-state index in [1.54, 1.807) is 6.07 Å². The zero-order chi connectivity index (χ0) is 16.1. The molecule has 0 saturated carbocycles. The summed E-state index contributed by atoms with van der Waals surface area (Å²) in [5.41, 5.74) is 2.32. The summed E-state index contributed by atoms with van der Waals surface area (Å²) in [6.07, 6.45) is 2.41. The van der Waals surface area contributed by atoms with Crippen LogP contribution in [0.4, 0.5) is 0 Å². The van der Waals surface area contributed by atoms with Crippen molar-refractivity contribution in [3.8, 4) is 5.75 Å². The van der Waals surface area contributed by atoms with Gasteiger partial charge in [0, 0.05) is 35.7 Å². The van der Waals surface area contributed by atoms with Crippen LogP contribution in [-0.4, -0.2) is 29.1 Å². The molecule has 0 aromatic heterocycles. The van der Waals surface area contributed by atoms with Gasteiger partial charge < -0.3 is 10.4 Å². The van der Waals surface area contributed by atoms with Gasteiger partial charge >= 0.3 is 0 Å². The number of rotatable bonds is 5. The molecule has 1 aliphatic heterocycles. The maximum absolute atomic E-state index is 9.94. The highest BCUT2D eigenvalue weighted by molar-refractivity contribution is 9.10. The quantitative estimate of drug-likeness (QED) is 0.832. The standard InChI is InChI=1S/C19H23BrN2O/c20-17-8-9-19(23)16(11-17)12-21-18-7-4-10-22(14-18)13-15-5-2-1-3-6-15/h1-3,5-6,8-9,11,18,21,23H,4,7,10,12-14H2. The number of nitrogens with one attached hydrogen (secondary N) is 1. The Bertz CT molecular complexity index is 633. The van der Waals surface area contributed by atoms with Gasteiger partial charge in [-0.3, -0.25) is 4.90 Å². The first-order valence-electron chi connectivity index (χ1n) is 8.18. The highest BCUT2D eigenvalue weighted by atomic mass is 79.9. The van der Waals surface area contributed by atoms with Gasteiger partial charge in [0.15, 0.2) is 0 Å². The molecular formula is C19H23BrN2O. The van der Waals surface area contributed by atoms with E-state index < -0.39 is 0 Å². The molecule has 0 amide bonds. The monoisotopic (exact) mass is 374 g/mol. The van der Waals surface area contributed by atoms with Gasteiger partial charge in [0.1, 0.15) is 5.75 Å². The van der Waals surface area contributed by atoms with Crippen LogP contribution >= 0.6 is 15.9 Å². The number of phenols is 1. The fourth-order valence-corrected chi connectivity index (χ4v) is 3.57. The summed E-state index contributed by atoms with van der Waals surface area (Å²) < 4.78 is 1.00. The molecule has 1 atom stereocenters. The molecule has 1 unspecified atom stereocenters. The number of hydrogen-bond donors (Lipinski definition) is 2. The Balaban J connectivity index is 1.53. The van der Waals surface area contributed by atoms with Crippen molar-refractivity contribution in [3.63, 3.8) is 0 Å². The third-order valence-electron chi connectivity index (χ3n) is 4.38. The normalized spacial score (nSPS) is 18.9. The van der Waals surface area contributed by atoms with E-state index in [2.05, 4.69) is 56.5 Å². The van der Waals surface area contributed by atoms with Crippen LogP contribution in [0.1, 0.15) is 24.0 Å². The van der Waals surface area contributed by atoms with Crippen molar-refractivity contribution < 1.29 is 5.11 Å². The van der Waals surface area contributed by atoms with Gasteiger partial charge in [-0.1, -0.05) is 46.3 Å². The summed E-state index contributed by atoms with van der Waals surface area (Å²) in [7, 11) is 0. The molecular weight excluding hydrogens is 352 g/mol.